The molecule has 1 aromatic heterocycles. The van der Waals surface area contributed by atoms with Crippen molar-refractivity contribution in [2.75, 3.05) is 0 Å². The Balaban J connectivity index is 1.52. The van der Waals surface area contributed by atoms with E-state index < -0.39 is 0 Å². The molecule has 2 atom stereocenters. The second-order valence-electron chi connectivity index (χ2n) is 4.56. The third-order valence-electron chi connectivity index (χ3n) is 3.16. The molecule has 1 saturated carbocycles. The van der Waals surface area contributed by atoms with Gasteiger partial charge in [0.15, 0.2) is 0 Å². The maximum atomic E-state index is 11.8. The average Bonchev–Trinajstić information content (AvgIpc) is 2.95. The van der Waals surface area contributed by atoms with Crippen LogP contribution < -0.4 is 5.32 Å². The van der Waals surface area contributed by atoms with Crippen molar-refractivity contribution >= 4 is 5.91 Å². The molecule has 0 saturated heterocycles. The molecule has 5 nitrogen and oxygen atoms in total. The number of rotatable bonds is 4. The number of carbonyl (C=O) groups excluding carboxylic acids is 1. The molecule has 92 valence electrons. The largest absolute Gasteiger partial charge is 0.351 e. The average molecular weight is 242 g/mol. The molecule has 1 heterocycles. The standard InChI is InChI=1S/C13H14N4O/c18-13(7-17-8-14-15-9-17)16-12-6-11(12)10-4-2-1-3-5-10/h1-5,8-9,11-12H,6-7H2,(H,16,18)/t11-,12+/m0/s1. The number of nitrogens with one attached hydrogen (secondary N) is 1. The molecule has 5 heteroatoms. The molecule has 1 fully saturated rings. The van der Waals surface area contributed by atoms with Crippen LogP contribution in [0, 0.1) is 0 Å². The Morgan fingerprint density at radius 1 is 1.28 bits per heavy atom. The number of nitrogens with zero attached hydrogens (tertiary/aromatic N) is 3. The lowest BCUT2D eigenvalue weighted by atomic mass is 10.1. The van der Waals surface area contributed by atoms with E-state index in [1.54, 1.807) is 17.2 Å². The van der Waals surface area contributed by atoms with E-state index in [9.17, 15) is 4.79 Å². The Morgan fingerprint density at radius 2 is 2.00 bits per heavy atom. The summed E-state index contributed by atoms with van der Waals surface area (Å²) in [6.07, 6.45) is 4.11. The molecule has 1 aliphatic rings. The first-order valence-electron chi connectivity index (χ1n) is 5.99. The van der Waals surface area contributed by atoms with E-state index in [0.29, 0.717) is 5.92 Å². The first-order valence-corrected chi connectivity index (χ1v) is 5.99. The summed E-state index contributed by atoms with van der Waals surface area (Å²) in [5, 5.41) is 10.4. The number of hydrogen-bond acceptors (Lipinski definition) is 3. The van der Waals surface area contributed by atoms with Crippen molar-refractivity contribution in [2.45, 2.75) is 24.9 Å². The van der Waals surface area contributed by atoms with Crippen LogP contribution in [0.2, 0.25) is 0 Å². The summed E-state index contributed by atoms with van der Waals surface area (Å²) in [6.45, 7) is 0.283. The molecule has 0 radical (unpaired) electrons. The minimum Gasteiger partial charge on any atom is -0.351 e. The normalized spacial score (nSPS) is 21.6. The van der Waals surface area contributed by atoms with Crippen LogP contribution in [0.1, 0.15) is 17.9 Å². The Morgan fingerprint density at radius 3 is 2.72 bits per heavy atom. The highest BCUT2D eigenvalue weighted by molar-refractivity contribution is 5.76. The van der Waals surface area contributed by atoms with Crippen LogP contribution in [-0.2, 0) is 11.3 Å². The molecule has 3 rings (SSSR count). The summed E-state index contributed by atoms with van der Waals surface area (Å²) in [5.74, 6) is 0.481. The maximum absolute atomic E-state index is 11.8. The van der Waals surface area contributed by atoms with Crippen molar-refractivity contribution in [1.82, 2.24) is 20.1 Å². The summed E-state index contributed by atoms with van der Waals surface area (Å²) >= 11 is 0. The second-order valence-corrected chi connectivity index (χ2v) is 4.56. The molecule has 18 heavy (non-hydrogen) atoms. The molecular weight excluding hydrogens is 228 g/mol. The highest BCUT2D eigenvalue weighted by atomic mass is 16.2. The molecule has 1 aliphatic carbocycles. The Labute approximate surface area is 105 Å². The zero-order valence-electron chi connectivity index (χ0n) is 9.86. The van der Waals surface area contributed by atoms with Gasteiger partial charge in [0.05, 0.1) is 0 Å². The lowest BCUT2D eigenvalue weighted by Crippen LogP contribution is -2.29. The molecule has 0 bridgehead atoms. The minimum atomic E-state index is 0.0123. The van der Waals surface area contributed by atoms with Crippen molar-refractivity contribution in [2.24, 2.45) is 0 Å². The van der Waals surface area contributed by atoms with Crippen LogP contribution in [0.4, 0.5) is 0 Å². The fourth-order valence-corrected chi connectivity index (χ4v) is 2.15. The number of hydrogen-bond donors (Lipinski definition) is 1. The topological polar surface area (TPSA) is 59.8 Å². The Bertz CT molecular complexity index is 523. The number of amides is 1. The van der Waals surface area contributed by atoms with Gasteiger partial charge in [0.1, 0.15) is 19.2 Å². The minimum absolute atomic E-state index is 0.0123. The summed E-state index contributed by atoms with van der Waals surface area (Å²) in [7, 11) is 0. The van der Waals surface area contributed by atoms with Gasteiger partial charge in [-0.15, -0.1) is 10.2 Å². The van der Waals surface area contributed by atoms with Crippen molar-refractivity contribution in [3.05, 3.63) is 48.5 Å². The predicted octanol–water partition coefficient (Wildman–Crippen LogP) is 0.950. The van der Waals surface area contributed by atoms with E-state index in [2.05, 4.69) is 27.6 Å². The molecule has 1 aromatic carbocycles. The third-order valence-corrected chi connectivity index (χ3v) is 3.16. The van der Waals surface area contributed by atoms with Gasteiger partial charge in [0.2, 0.25) is 5.91 Å². The van der Waals surface area contributed by atoms with E-state index in [-0.39, 0.29) is 18.5 Å². The zero-order chi connectivity index (χ0) is 12.4. The van der Waals surface area contributed by atoms with Gasteiger partial charge < -0.3 is 9.88 Å². The van der Waals surface area contributed by atoms with Crippen LogP contribution in [0.25, 0.3) is 0 Å². The molecule has 1 N–H and O–H groups in total. The van der Waals surface area contributed by atoms with Crippen molar-refractivity contribution in [3.8, 4) is 0 Å². The lowest BCUT2D eigenvalue weighted by molar-refractivity contribution is -0.121. The van der Waals surface area contributed by atoms with Crippen molar-refractivity contribution < 1.29 is 4.79 Å². The molecule has 0 unspecified atom stereocenters. The highest BCUT2D eigenvalue weighted by Gasteiger charge is 2.39. The van der Waals surface area contributed by atoms with Crippen molar-refractivity contribution in [1.29, 1.82) is 0 Å². The number of carbonyl (C=O) groups is 1. The highest BCUT2D eigenvalue weighted by Crippen LogP contribution is 2.40. The molecule has 1 amide bonds. The third kappa shape index (κ3) is 2.40. The van der Waals surface area contributed by atoms with Crippen LogP contribution in [0.15, 0.2) is 43.0 Å². The summed E-state index contributed by atoms with van der Waals surface area (Å²) in [4.78, 5) is 11.8. The van der Waals surface area contributed by atoms with E-state index >= 15 is 0 Å². The van der Waals surface area contributed by atoms with E-state index in [1.807, 2.05) is 18.2 Å². The summed E-state index contributed by atoms with van der Waals surface area (Å²) in [5.41, 5.74) is 1.30. The fraction of sp³-hybridized carbons (Fsp3) is 0.308. The maximum Gasteiger partial charge on any atom is 0.240 e. The van der Waals surface area contributed by atoms with E-state index in [4.69, 9.17) is 0 Å². The van der Waals surface area contributed by atoms with Gasteiger partial charge in [-0.2, -0.15) is 0 Å². The summed E-state index contributed by atoms with van der Waals surface area (Å²) < 4.78 is 1.66. The van der Waals surface area contributed by atoms with Gasteiger partial charge in [-0.25, -0.2) is 0 Å². The van der Waals surface area contributed by atoms with Gasteiger partial charge in [-0.3, -0.25) is 4.79 Å². The SMILES string of the molecule is O=C(Cn1cnnc1)N[C@@H]1C[C@H]1c1ccccc1. The molecular formula is C13H14N4O. The first-order chi connectivity index (χ1) is 8.83. The molecule has 0 spiro atoms. The van der Waals surface area contributed by atoms with Crippen molar-refractivity contribution in [3.63, 3.8) is 0 Å². The fourth-order valence-electron chi connectivity index (χ4n) is 2.15. The monoisotopic (exact) mass is 242 g/mol. The van der Waals surface area contributed by atoms with Gasteiger partial charge in [0.25, 0.3) is 0 Å². The second kappa shape index (κ2) is 4.60. The zero-order valence-corrected chi connectivity index (χ0v) is 9.86. The van der Waals surface area contributed by atoms with E-state index in [0.717, 1.165) is 6.42 Å². The van der Waals surface area contributed by atoms with Crippen LogP contribution >= 0.6 is 0 Å². The number of aromatic nitrogens is 3. The van der Waals surface area contributed by atoms with Gasteiger partial charge in [0, 0.05) is 12.0 Å². The molecule has 2 aromatic rings. The first kappa shape index (κ1) is 11.0. The number of benzene rings is 1. The van der Waals surface area contributed by atoms with Crippen LogP contribution in [-0.4, -0.2) is 26.7 Å². The quantitative estimate of drug-likeness (QED) is 0.868. The summed E-state index contributed by atoms with van der Waals surface area (Å²) in [6, 6.07) is 10.6. The lowest BCUT2D eigenvalue weighted by Gasteiger charge is -2.05. The predicted molar refractivity (Wildman–Crippen MR) is 65.8 cm³/mol. The Hall–Kier alpha value is -2.17. The van der Waals surface area contributed by atoms with Gasteiger partial charge in [-0.1, -0.05) is 30.3 Å². The molecule has 0 aliphatic heterocycles. The van der Waals surface area contributed by atoms with Crippen LogP contribution in [0.5, 0.6) is 0 Å². The van der Waals surface area contributed by atoms with Crippen LogP contribution in [0.3, 0.4) is 0 Å². The van der Waals surface area contributed by atoms with E-state index in [1.165, 1.54) is 5.56 Å². The Kier molecular flexibility index (Phi) is 2.80. The van der Waals surface area contributed by atoms with Gasteiger partial charge >= 0.3 is 0 Å². The van der Waals surface area contributed by atoms with Gasteiger partial charge in [-0.05, 0) is 12.0 Å². The smallest absolute Gasteiger partial charge is 0.240 e.